The average molecular weight is 179 g/mol. The smallest absolute Gasteiger partial charge is 0.254 e. The second-order valence-corrected chi connectivity index (χ2v) is 1.85. The van der Waals surface area contributed by atoms with Crippen LogP contribution >= 0.6 is 0 Å². The van der Waals surface area contributed by atoms with Gasteiger partial charge in [-0.2, -0.15) is 18.2 Å². The summed E-state index contributed by atoms with van der Waals surface area (Å²) in [7, 11) is 0. The van der Waals surface area contributed by atoms with Gasteiger partial charge in [0.05, 0.1) is 0 Å². The quantitative estimate of drug-likeness (QED) is 0.371. The van der Waals surface area contributed by atoms with Crippen LogP contribution in [0.2, 0.25) is 0 Å². The van der Waals surface area contributed by atoms with Crippen molar-refractivity contribution in [1.29, 1.82) is 0 Å². The Morgan fingerprint density at radius 3 is 2.08 bits per heavy atom. The number of pyridine rings is 1. The summed E-state index contributed by atoms with van der Waals surface area (Å²) in [5.74, 6) is -7.40. The lowest BCUT2D eigenvalue weighted by molar-refractivity contribution is 0.111. The van der Waals surface area contributed by atoms with Crippen molar-refractivity contribution >= 4 is 6.29 Å². The molecule has 0 aromatic carbocycles. The van der Waals surface area contributed by atoms with Crippen molar-refractivity contribution in [3.63, 3.8) is 0 Å². The standard InChI is InChI=1S/C6HF4NO/c7-3-2(1-12)5(9)11-6(10)4(3)8/h1H. The number of hydrogen-bond donors (Lipinski definition) is 0. The monoisotopic (exact) mass is 179 g/mol. The molecule has 0 bridgehead atoms. The highest BCUT2D eigenvalue weighted by Crippen LogP contribution is 2.13. The molecule has 0 aliphatic carbocycles. The molecule has 12 heavy (non-hydrogen) atoms. The van der Waals surface area contributed by atoms with Crippen molar-refractivity contribution in [2.45, 2.75) is 0 Å². The first kappa shape index (κ1) is 8.63. The van der Waals surface area contributed by atoms with Gasteiger partial charge in [0.2, 0.25) is 11.8 Å². The number of aldehydes is 1. The summed E-state index contributed by atoms with van der Waals surface area (Å²) < 4.78 is 49.0. The van der Waals surface area contributed by atoms with Gasteiger partial charge < -0.3 is 0 Å². The Hall–Kier alpha value is -1.46. The summed E-state index contributed by atoms with van der Waals surface area (Å²) in [6.45, 7) is 0. The van der Waals surface area contributed by atoms with E-state index in [4.69, 9.17) is 0 Å². The highest BCUT2D eigenvalue weighted by Gasteiger charge is 2.19. The lowest BCUT2D eigenvalue weighted by Gasteiger charge is -1.97. The third-order valence-electron chi connectivity index (χ3n) is 1.15. The van der Waals surface area contributed by atoms with Crippen LogP contribution in [0.15, 0.2) is 0 Å². The second kappa shape index (κ2) is 2.88. The predicted octanol–water partition coefficient (Wildman–Crippen LogP) is 1.45. The maximum atomic E-state index is 12.4. The molecule has 0 atom stereocenters. The Kier molecular flexibility index (Phi) is 2.07. The van der Waals surface area contributed by atoms with Gasteiger partial charge >= 0.3 is 0 Å². The molecule has 1 aromatic rings. The zero-order valence-corrected chi connectivity index (χ0v) is 5.44. The fraction of sp³-hybridized carbons (Fsp3) is 0. The van der Waals surface area contributed by atoms with Gasteiger partial charge in [0.15, 0.2) is 12.1 Å². The molecule has 6 heteroatoms. The number of nitrogens with zero attached hydrogens (tertiary/aromatic N) is 1. The molecule has 1 heterocycles. The van der Waals surface area contributed by atoms with Crippen molar-refractivity contribution in [2.24, 2.45) is 0 Å². The summed E-state index contributed by atoms with van der Waals surface area (Å²) in [6, 6.07) is 0. The minimum atomic E-state index is -1.96. The van der Waals surface area contributed by atoms with Gasteiger partial charge in [0.25, 0.3) is 5.95 Å². The molecule has 0 aliphatic heterocycles. The van der Waals surface area contributed by atoms with Crippen molar-refractivity contribution in [3.8, 4) is 0 Å². The van der Waals surface area contributed by atoms with E-state index in [1.54, 1.807) is 0 Å². The van der Waals surface area contributed by atoms with E-state index >= 15 is 0 Å². The zero-order chi connectivity index (χ0) is 9.30. The highest BCUT2D eigenvalue weighted by molar-refractivity contribution is 5.74. The van der Waals surface area contributed by atoms with Crippen LogP contribution in [0, 0.1) is 23.5 Å². The fourth-order valence-corrected chi connectivity index (χ4v) is 0.595. The Bertz CT molecular complexity index is 339. The van der Waals surface area contributed by atoms with Gasteiger partial charge in [-0.15, -0.1) is 0 Å². The van der Waals surface area contributed by atoms with Crippen LogP contribution in [0.5, 0.6) is 0 Å². The molecule has 2 nitrogen and oxygen atoms in total. The Balaban J connectivity index is 3.51. The van der Waals surface area contributed by atoms with Crippen LogP contribution in [0.4, 0.5) is 17.6 Å². The first-order valence-electron chi connectivity index (χ1n) is 2.73. The van der Waals surface area contributed by atoms with Crippen molar-refractivity contribution < 1.29 is 22.4 Å². The normalized spacial score (nSPS) is 10.0. The summed E-state index contributed by atoms with van der Waals surface area (Å²) in [6.07, 6.45) is -0.278. The van der Waals surface area contributed by atoms with Crippen LogP contribution in [-0.4, -0.2) is 11.3 Å². The molecule has 0 saturated carbocycles. The van der Waals surface area contributed by atoms with Gasteiger partial charge in [0, 0.05) is 0 Å². The molecule has 0 saturated heterocycles. The van der Waals surface area contributed by atoms with Crippen molar-refractivity contribution in [2.75, 3.05) is 0 Å². The largest absolute Gasteiger partial charge is 0.298 e. The van der Waals surface area contributed by atoms with Gasteiger partial charge in [-0.05, 0) is 0 Å². The predicted molar refractivity (Wildman–Crippen MR) is 29.5 cm³/mol. The first-order valence-corrected chi connectivity index (χ1v) is 2.73. The zero-order valence-electron chi connectivity index (χ0n) is 5.44. The number of hydrogen-bond acceptors (Lipinski definition) is 2. The molecule has 0 spiro atoms. The summed E-state index contributed by atoms with van der Waals surface area (Å²) in [4.78, 5) is 12.2. The third kappa shape index (κ3) is 1.15. The van der Waals surface area contributed by atoms with Crippen LogP contribution in [0.25, 0.3) is 0 Å². The summed E-state index contributed by atoms with van der Waals surface area (Å²) in [5.41, 5.74) is -1.21. The van der Waals surface area contributed by atoms with Crippen LogP contribution < -0.4 is 0 Å². The number of carbonyl (C=O) groups is 1. The van der Waals surface area contributed by atoms with E-state index in [-0.39, 0.29) is 6.29 Å². The van der Waals surface area contributed by atoms with E-state index in [1.807, 2.05) is 0 Å². The first-order chi connectivity index (χ1) is 5.57. The van der Waals surface area contributed by atoms with Crippen LogP contribution in [0.1, 0.15) is 10.4 Å². The molecule has 0 amide bonds. The topological polar surface area (TPSA) is 30.0 Å². The molecule has 0 fully saturated rings. The lowest BCUT2D eigenvalue weighted by Crippen LogP contribution is -2.04. The molecular formula is C6HF4NO. The SMILES string of the molecule is O=Cc1c(F)nc(F)c(F)c1F. The van der Waals surface area contributed by atoms with Crippen molar-refractivity contribution in [1.82, 2.24) is 4.98 Å². The molecule has 0 N–H and O–H groups in total. The maximum Gasteiger partial charge on any atom is 0.254 e. The van der Waals surface area contributed by atoms with Crippen LogP contribution in [0.3, 0.4) is 0 Å². The van der Waals surface area contributed by atoms with E-state index < -0.39 is 29.1 Å². The molecule has 1 aromatic heterocycles. The van der Waals surface area contributed by atoms with E-state index in [1.165, 1.54) is 0 Å². The number of rotatable bonds is 1. The third-order valence-corrected chi connectivity index (χ3v) is 1.15. The van der Waals surface area contributed by atoms with E-state index in [2.05, 4.69) is 4.98 Å². The van der Waals surface area contributed by atoms with E-state index in [9.17, 15) is 22.4 Å². The van der Waals surface area contributed by atoms with Gasteiger partial charge in [-0.1, -0.05) is 0 Å². The van der Waals surface area contributed by atoms with Crippen molar-refractivity contribution in [3.05, 3.63) is 29.1 Å². The van der Waals surface area contributed by atoms with Crippen LogP contribution in [-0.2, 0) is 0 Å². The highest BCUT2D eigenvalue weighted by atomic mass is 19.2. The molecular weight excluding hydrogens is 178 g/mol. The molecule has 64 valence electrons. The second-order valence-electron chi connectivity index (χ2n) is 1.85. The molecule has 0 aliphatic rings. The average Bonchev–Trinajstić information content (AvgIpc) is 2.01. The Morgan fingerprint density at radius 2 is 1.58 bits per heavy atom. The molecule has 0 unspecified atom stereocenters. The fourth-order valence-electron chi connectivity index (χ4n) is 0.595. The lowest BCUT2D eigenvalue weighted by atomic mass is 10.3. The van der Waals surface area contributed by atoms with E-state index in [0.717, 1.165) is 0 Å². The minimum Gasteiger partial charge on any atom is -0.298 e. The number of carbonyl (C=O) groups excluding carboxylic acids is 1. The maximum absolute atomic E-state index is 12.4. The summed E-state index contributed by atoms with van der Waals surface area (Å²) >= 11 is 0. The van der Waals surface area contributed by atoms with Gasteiger partial charge in [-0.3, -0.25) is 4.79 Å². The Morgan fingerprint density at radius 1 is 1.00 bits per heavy atom. The summed E-state index contributed by atoms with van der Waals surface area (Å²) in [5, 5.41) is 0. The molecule has 1 rings (SSSR count). The number of aromatic nitrogens is 1. The van der Waals surface area contributed by atoms with E-state index in [0.29, 0.717) is 0 Å². The molecule has 0 radical (unpaired) electrons. The Labute approximate surface area is 63.8 Å². The van der Waals surface area contributed by atoms with Gasteiger partial charge in [0.1, 0.15) is 5.56 Å². The van der Waals surface area contributed by atoms with Gasteiger partial charge in [-0.25, -0.2) is 4.39 Å². The minimum absolute atomic E-state index is 0.278. The number of halogens is 4.